The van der Waals surface area contributed by atoms with Gasteiger partial charge in [0.25, 0.3) is 11.6 Å². The molecule has 2 atom stereocenters. The van der Waals surface area contributed by atoms with Crippen LogP contribution in [0.15, 0.2) is 42.5 Å². The average molecular weight is 357 g/mol. The number of halogens is 1. The number of nitrogens with zero attached hydrogens (tertiary/aromatic N) is 2. The number of hydrogen-bond acceptors (Lipinski definition) is 4. The molecule has 0 radical (unpaired) electrons. The van der Waals surface area contributed by atoms with Crippen molar-refractivity contribution in [3.8, 4) is 0 Å². The minimum Gasteiger partial charge on any atom is -0.359 e. The van der Waals surface area contributed by atoms with Crippen molar-refractivity contribution in [2.45, 2.75) is 19.4 Å². The first kappa shape index (κ1) is 17.8. The molecule has 1 fully saturated rings. The van der Waals surface area contributed by atoms with Crippen molar-refractivity contribution in [1.29, 1.82) is 0 Å². The summed E-state index contributed by atoms with van der Waals surface area (Å²) < 4.78 is 14.3. The molecule has 1 aliphatic heterocycles. The van der Waals surface area contributed by atoms with Gasteiger partial charge < -0.3 is 10.2 Å². The third kappa shape index (κ3) is 3.24. The number of hydrogen-bond donors (Lipinski definition) is 1. The van der Waals surface area contributed by atoms with Crippen LogP contribution >= 0.6 is 0 Å². The fourth-order valence-electron chi connectivity index (χ4n) is 3.55. The molecule has 6 nitrogen and oxygen atoms in total. The van der Waals surface area contributed by atoms with E-state index in [0.717, 1.165) is 0 Å². The Balaban J connectivity index is 2.07. The lowest BCUT2D eigenvalue weighted by molar-refractivity contribution is -0.384. The van der Waals surface area contributed by atoms with E-state index in [-0.39, 0.29) is 34.9 Å². The summed E-state index contributed by atoms with van der Waals surface area (Å²) in [6, 6.07) is 10.6. The lowest BCUT2D eigenvalue weighted by atomic mass is 10.00. The SMILES string of the molecule is CNC(=O)c1ccc(N2CC(C)CC2c2ccccc2F)c([N+](=O)[O-])c1. The number of amides is 1. The molecule has 1 heterocycles. The summed E-state index contributed by atoms with van der Waals surface area (Å²) in [6.07, 6.45) is 0.704. The van der Waals surface area contributed by atoms with E-state index in [1.165, 1.54) is 19.2 Å². The molecule has 136 valence electrons. The van der Waals surface area contributed by atoms with Crippen LogP contribution in [0.3, 0.4) is 0 Å². The highest BCUT2D eigenvalue weighted by Gasteiger charge is 2.35. The second-order valence-corrected chi connectivity index (χ2v) is 6.57. The highest BCUT2D eigenvalue weighted by molar-refractivity contribution is 5.95. The maximum atomic E-state index is 14.3. The van der Waals surface area contributed by atoms with Crippen molar-refractivity contribution in [1.82, 2.24) is 5.32 Å². The zero-order valence-electron chi connectivity index (χ0n) is 14.6. The minimum absolute atomic E-state index is 0.151. The van der Waals surface area contributed by atoms with Crippen LogP contribution in [0, 0.1) is 21.8 Å². The van der Waals surface area contributed by atoms with Crippen molar-refractivity contribution in [2.24, 2.45) is 5.92 Å². The monoisotopic (exact) mass is 357 g/mol. The smallest absolute Gasteiger partial charge is 0.293 e. The highest BCUT2D eigenvalue weighted by Crippen LogP contribution is 2.43. The highest BCUT2D eigenvalue weighted by atomic mass is 19.1. The molecule has 3 rings (SSSR count). The Morgan fingerprint density at radius 1 is 1.31 bits per heavy atom. The first-order valence-corrected chi connectivity index (χ1v) is 8.44. The van der Waals surface area contributed by atoms with Gasteiger partial charge in [0.2, 0.25) is 0 Å². The summed E-state index contributed by atoms with van der Waals surface area (Å²) in [7, 11) is 1.47. The number of anilines is 1. The Bertz CT molecular complexity index is 856. The van der Waals surface area contributed by atoms with Crippen LogP contribution < -0.4 is 10.2 Å². The lowest BCUT2D eigenvalue weighted by Gasteiger charge is -2.27. The molecule has 1 saturated heterocycles. The molecule has 26 heavy (non-hydrogen) atoms. The van der Waals surface area contributed by atoms with Crippen molar-refractivity contribution < 1.29 is 14.1 Å². The summed E-state index contributed by atoms with van der Waals surface area (Å²) in [5.41, 5.74) is 1.00. The summed E-state index contributed by atoms with van der Waals surface area (Å²) in [6.45, 7) is 2.62. The van der Waals surface area contributed by atoms with Gasteiger partial charge in [0, 0.05) is 30.8 Å². The third-order valence-electron chi connectivity index (χ3n) is 4.75. The van der Waals surface area contributed by atoms with Crippen LogP contribution in [0.1, 0.15) is 35.3 Å². The van der Waals surface area contributed by atoms with Crippen LogP contribution in [0.25, 0.3) is 0 Å². The number of carbonyl (C=O) groups excluding carboxylic acids is 1. The van der Waals surface area contributed by atoms with Crippen LogP contribution in [0.2, 0.25) is 0 Å². The number of nitrogens with one attached hydrogen (secondary N) is 1. The quantitative estimate of drug-likeness (QED) is 0.669. The molecular weight excluding hydrogens is 337 g/mol. The summed E-state index contributed by atoms with van der Waals surface area (Å²) >= 11 is 0. The Hall–Kier alpha value is -2.96. The van der Waals surface area contributed by atoms with Gasteiger partial charge in [0.1, 0.15) is 11.5 Å². The van der Waals surface area contributed by atoms with Crippen molar-refractivity contribution in [3.05, 3.63) is 69.5 Å². The van der Waals surface area contributed by atoms with Crippen molar-refractivity contribution in [2.75, 3.05) is 18.5 Å². The molecule has 7 heteroatoms. The molecule has 0 spiro atoms. The van der Waals surface area contributed by atoms with Gasteiger partial charge in [-0.25, -0.2) is 4.39 Å². The Labute approximate surface area is 150 Å². The molecule has 2 aromatic carbocycles. The van der Waals surface area contributed by atoms with E-state index in [4.69, 9.17) is 0 Å². The van der Waals surface area contributed by atoms with E-state index in [0.29, 0.717) is 24.2 Å². The number of carbonyl (C=O) groups is 1. The molecule has 1 aliphatic rings. The van der Waals surface area contributed by atoms with Gasteiger partial charge in [0.05, 0.1) is 11.0 Å². The summed E-state index contributed by atoms with van der Waals surface area (Å²) in [5.74, 6) is -0.445. The van der Waals surface area contributed by atoms with Crippen molar-refractivity contribution >= 4 is 17.3 Å². The Kier molecular flexibility index (Phi) is 4.88. The van der Waals surface area contributed by atoms with Gasteiger partial charge in [-0.15, -0.1) is 0 Å². The first-order valence-electron chi connectivity index (χ1n) is 8.44. The van der Waals surface area contributed by atoms with Gasteiger partial charge in [-0.2, -0.15) is 0 Å². The fourth-order valence-corrected chi connectivity index (χ4v) is 3.55. The van der Waals surface area contributed by atoms with E-state index in [2.05, 4.69) is 5.32 Å². The van der Waals surface area contributed by atoms with E-state index in [1.807, 2.05) is 11.8 Å². The molecule has 0 aromatic heterocycles. The van der Waals surface area contributed by atoms with Gasteiger partial charge in [-0.1, -0.05) is 25.1 Å². The summed E-state index contributed by atoms with van der Waals surface area (Å²) in [5, 5.41) is 14.1. The number of rotatable bonds is 4. The van der Waals surface area contributed by atoms with Gasteiger partial charge in [-0.3, -0.25) is 14.9 Å². The minimum atomic E-state index is -0.497. The topological polar surface area (TPSA) is 75.5 Å². The predicted molar refractivity (Wildman–Crippen MR) is 96.8 cm³/mol. The standard InChI is InChI=1S/C19H20FN3O3/c1-12-9-17(14-5-3-4-6-15(14)20)22(11-12)16-8-7-13(19(24)21-2)10-18(16)23(25)26/h3-8,10,12,17H,9,11H2,1-2H3,(H,21,24). The second-order valence-electron chi connectivity index (χ2n) is 6.57. The summed E-state index contributed by atoms with van der Waals surface area (Å²) in [4.78, 5) is 24.8. The van der Waals surface area contributed by atoms with Crippen LogP contribution in [0.5, 0.6) is 0 Å². The fraction of sp³-hybridized carbons (Fsp3) is 0.316. The zero-order chi connectivity index (χ0) is 18.8. The molecule has 0 saturated carbocycles. The van der Waals surface area contributed by atoms with E-state index < -0.39 is 4.92 Å². The lowest BCUT2D eigenvalue weighted by Crippen LogP contribution is -2.25. The van der Waals surface area contributed by atoms with Gasteiger partial charge in [0.15, 0.2) is 0 Å². The van der Waals surface area contributed by atoms with E-state index in [9.17, 15) is 19.3 Å². The maximum absolute atomic E-state index is 14.3. The molecule has 1 amide bonds. The van der Waals surface area contributed by atoms with E-state index >= 15 is 0 Å². The second kappa shape index (κ2) is 7.11. The zero-order valence-corrected chi connectivity index (χ0v) is 14.6. The average Bonchev–Trinajstić information content (AvgIpc) is 3.02. The first-order chi connectivity index (χ1) is 12.4. The Morgan fingerprint density at radius 2 is 2.04 bits per heavy atom. The number of benzene rings is 2. The third-order valence-corrected chi connectivity index (χ3v) is 4.75. The number of nitro benzene ring substituents is 1. The van der Waals surface area contributed by atoms with Crippen LogP contribution in [-0.2, 0) is 0 Å². The van der Waals surface area contributed by atoms with E-state index in [1.54, 1.807) is 30.3 Å². The molecule has 0 aliphatic carbocycles. The molecule has 2 unspecified atom stereocenters. The molecule has 2 aromatic rings. The predicted octanol–water partition coefficient (Wildman–Crippen LogP) is 3.68. The maximum Gasteiger partial charge on any atom is 0.293 e. The molecular formula is C19H20FN3O3. The van der Waals surface area contributed by atoms with Gasteiger partial charge in [-0.05, 0) is 30.5 Å². The van der Waals surface area contributed by atoms with Crippen LogP contribution in [-0.4, -0.2) is 24.4 Å². The largest absolute Gasteiger partial charge is 0.359 e. The van der Waals surface area contributed by atoms with Crippen LogP contribution in [0.4, 0.5) is 15.8 Å². The van der Waals surface area contributed by atoms with Crippen molar-refractivity contribution in [3.63, 3.8) is 0 Å². The number of nitro groups is 1. The normalized spacial score (nSPS) is 19.4. The molecule has 1 N–H and O–H groups in total. The molecule has 0 bridgehead atoms. The van der Waals surface area contributed by atoms with Gasteiger partial charge >= 0.3 is 0 Å². The Morgan fingerprint density at radius 3 is 2.69 bits per heavy atom.